The van der Waals surface area contributed by atoms with E-state index < -0.39 is 0 Å². The van der Waals surface area contributed by atoms with E-state index in [9.17, 15) is 9.59 Å². The zero-order chi connectivity index (χ0) is 17.4. The highest BCUT2D eigenvalue weighted by atomic mass is 16.2. The Hall–Kier alpha value is -2.96. The van der Waals surface area contributed by atoms with Crippen LogP contribution in [0.5, 0.6) is 0 Å². The maximum atomic E-state index is 12.2. The zero-order valence-electron chi connectivity index (χ0n) is 14.0. The van der Waals surface area contributed by atoms with Crippen molar-refractivity contribution >= 4 is 22.6 Å². The number of carbonyl (C=O) groups is 1. The van der Waals surface area contributed by atoms with Crippen LogP contribution in [0.4, 0.5) is 5.69 Å². The minimum atomic E-state index is -0.373. The average Bonchev–Trinajstić information content (AvgIpc) is 3.23. The van der Waals surface area contributed by atoms with Crippen LogP contribution in [0.2, 0.25) is 0 Å². The Bertz CT molecular complexity index is 978. The van der Waals surface area contributed by atoms with E-state index >= 15 is 0 Å². The van der Waals surface area contributed by atoms with Crippen molar-refractivity contribution < 1.29 is 4.79 Å². The van der Waals surface area contributed by atoms with Gasteiger partial charge in [-0.3, -0.25) is 9.59 Å². The highest BCUT2D eigenvalue weighted by Crippen LogP contribution is 2.35. The quantitative estimate of drug-likeness (QED) is 0.768. The van der Waals surface area contributed by atoms with E-state index in [1.165, 1.54) is 37.8 Å². The van der Waals surface area contributed by atoms with E-state index in [0.29, 0.717) is 11.6 Å². The molecule has 1 aliphatic rings. The minimum absolute atomic E-state index is 0.160. The largest absolute Gasteiger partial charge is 0.331 e. The van der Waals surface area contributed by atoms with Crippen molar-refractivity contribution in [2.75, 3.05) is 5.32 Å². The highest BCUT2D eigenvalue weighted by Gasteiger charge is 2.22. The van der Waals surface area contributed by atoms with Gasteiger partial charge in [-0.2, -0.15) is 5.10 Å². The van der Waals surface area contributed by atoms with Crippen molar-refractivity contribution in [2.24, 2.45) is 7.05 Å². The van der Waals surface area contributed by atoms with Gasteiger partial charge in [0.05, 0.1) is 11.0 Å². The Morgan fingerprint density at radius 3 is 2.76 bits per heavy atom. The van der Waals surface area contributed by atoms with E-state index in [-0.39, 0.29) is 17.2 Å². The number of aryl methyl sites for hydroxylation is 1. The number of anilines is 1. The van der Waals surface area contributed by atoms with Crippen molar-refractivity contribution in [3.63, 3.8) is 0 Å². The Balaban J connectivity index is 1.61. The number of benzene rings is 1. The first-order chi connectivity index (χ1) is 12.1. The van der Waals surface area contributed by atoms with Gasteiger partial charge in [-0.05, 0) is 37.1 Å². The maximum absolute atomic E-state index is 12.2. The third-order valence-electron chi connectivity index (χ3n) is 4.81. The average molecular weight is 337 g/mol. The van der Waals surface area contributed by atoms with Crippen LogP contribution in [0.1, 0.15) is 47.9 Å². The van der Waals surface area contributed by atoms with Crippen molar-refractivity contribution in [3.8, 4) is 0 Å². The number of hydrogen-bond donors (Lipinski definition) is 2. The van der Waals surface area contributed by atoms with Crippen LogP contribution in [0.3, 0.4) is 0 Å². The molecule has 2 aromatic heterocycles. The number of fused-ring (bicyclic) bond motifs is 1. The molecule has 7 nitrogen and oxygen atoms in total. The summed E-state index contributed by atoms with van der Waals surface area (Å²) < 4.78 is 2.15. The van der Waals surface area contributed by atoms with Gasteiger partial charge in [0.2, 0.25) is 0 Å². The Kier molecular flexibility index (Phi) is 3.83. The van der Waals surface area contributed by atoms with Gasteiger partial charge in [-0.25, -0.2) is 10.1 Å². The molecule has 0 aliphatic heterocycles. The SMILES string of the molecule is Cn1c(C2CCCC2)nc2cc(NC(=O)c3ccc(=O)[nH]n3)ccc21. The summed E-state index contributed by atoms with van der Waals surface area (Å²) in [6.07, 6.45) is 4.92. The fourth-order valence-corrected chi connectivity index (χ4v) is 3.51. The summed E-state index contributed by atoms with van der Waals surface area (Å²) in [4.78, 5) is 28.0. The normalized spacial score (nSPS) is 14.9. The fraction of sp³-hybridized carbons (Fsp3) is 0.333. The summed E-state index contributed by atoms with van der Waals surface area (Å²) in [6.45, 7) is 0. The first-order valence-electron chi connectivity index (χ1n) is 8.45. The number of nitrogens with zero attached hydrogens (tertiary/aromatic N) is 3. The van der Waals surface area contributed by atoms with Gasteiger partial charge in [0, 0.05) is 24.7 Å². The predicted octanol–water partition coefficient (Wildman–Crippen LogP) is 2.57. The molecule has 0 spiro atoms. The Labute approximate surface area is 144 Å². The molecule has 1 saturated carbocycles. The summed E-state index contributed by atoms with van der Waals surface area (Å²) in [5.41, 5.74) is 2.40. The van der Waals surface area contributed by atoms with E-state index in [2.05, 4.69) is 20.1 Å². The van der Waals surface area contributed by atoms with Crippen molar-refractivity contribution in [1.29, 1.82) is 0 Å². The lowest BCUT2D eigenvalue weighted by Gasteiger charge is -2.08. The molecule has 25 heavy (non-hydrogen) atoms. The molecule has 0 saturated heterocycles. The van der Waals surface area contributed by atoms with Gasteiger partial charge >= 0.3 is 0 Å². The van der Waals surface area contributed by atoms with Crippen molar-refractivity contribution in [2.45, 2.75) is 31.6 Å². The first kappa shape index (κ1) is 15.6. The number of aromatic nitrogens is 4. The topological polar surface area (TPSA) is 92.7 Å². The van der Waals surface area contributed by atoms with Gasteiger partial charge in [-0.15, -0.1) is 0 Å². The van der Waals surface area contributed by atoms with Crippen molar-refractivity contribution in [1.82, 2.24) is 19.7 Å². The third-order valence-corrected chi connectivity index (χ3v) is 4.81. The number of imidazole rings is 1. The molecule has 4 rings (SSSR count). The third kappa shape index (κ3) is 2.93. The molecule has 1 fully saturated rings. The standard InChI is InChI=1S/C18H19N5O2/c1-23-15-8-6-12(19-18(25)13-7-9-16(24)22-21-13)10-14(15)20-17(23)11-4-2-3-5-11/h6-11H,2-5H2,1H3,(H,19,25)(H,22,24). The van der Waals surface area contributed by atoms with Gasteiger partial charge in [0.15, 0.2) is 0 Å². The zero-order valence-corrected chi connectivity index (χ0v) is 14.0. The number of hydrogen-bond acceptors (Lipinski definition) is 4. The Morgan fingerprint density at radius 2 is 2.04 bits per heavy atom. The van der Waals surface area contributed by atoms with Crippen LogP contribution < -0.4 is 10.9 Å². The number of rotatable bonds is 3. The number of carbonyl (C=O) groups excluding carboxylic acids is 1. The van der Waals surface area contributed by atoms with Crippen LogP contribution in [-0.4, -0.2) is 25.7 Å². The van der Waals surface area contributed by atoms with E-state index in [4.69, 9.17) is 4.98 Å². The summed E-state index contributed by atoms with van der Waals surface area (Å²) in [5.74, 6) is 1.28. The molecule has 0 radical (unpaired) electrons. The number of H-pyrrole nitrogens is 1. The fourth-order valence-electron chi connectivity index (χ4n) is 3.51. The lowest BCUT2D eigenvalue weighted by atomic mass is 10.1. The van der Waals surface area contributed by atoms with E-state index in [1.807, 2.05) is 25.2 Å². The summed E-state index contributed by atoms with van der Waals surface area (Å²) in [5, 5.41) is 8.79. The van der Waals surface area contributed by atoms with Crippen LogP contribution in [0.15, 0.2) is 35.1 Å². The van der Waals surface area contributed by atoms with Crippen LogP contribution >= 0.6 is 0 Å². The molecule has 3 aromatic rings. The first-order valence-corrected chi connectivity index (χ1v) is 8.45. The van der Waals surface area contributed by atoms with Gasteiger partial charge in [0.1, 0.15) is 11.5 Å². The van der Waals surface area contributed by atoms with Gasteiger partial charge < -0.3 is 9.88 Å². The second-order valence-electron chi connectivity index (χ2n) is 6.47. The molecule has 1 amide bonds. The summed E-state index contributed by atoms with van der Waals surface area (Å²) in [6, 6.07) is 8.36. The molecule has 128 valence electrons. The lowest BCUT2D eigenvalue weighted by Crippen LogP contribution is -2.17. The molecule has 1 aromatic carbocycles. The lowest BCUT2D eigenvalue weighted by molar-refractivity contribution is 0.102. The summed E-state index contributed by atoms with van der Waals surface area (Å²) >= 11 is 0. The van der Waals surface area contributed by atoms with Crippen LogP contribution in [0, 0.1) is 0 Å². The van der Waals surface area contributed by atoms with Crippen LogP contribution in [-0.2, 0) is 7.05 Å². The second kappa shape index (κ2) is 6.16. The van der Waals surface area contributed by atoms with E-state index in [0.717, 1.165) is 16.9 Å². The maximum Gasteiger partial charge on any atom is 0.276 e. The molecule has 2 heterocycles. The molecule has 0 bridgehead atoms. The van der Waals surface area contributed by atoms with Crippen LogP contribution in [0.25, 0.3) is 11.0 Å². The van der Waals surface area contributed by atoms with Gasteiger partial charge in [0.25, 0.3) is 11.5 Å². The number of amides is 1. The van der Waals surface area contributed by atoms with Gasteiger partial charge in [-0.1, -0.05) is 12.8 Å². The minimum Gasteiger partial charge on any atom is -0.331 e. The van der Waals surface area contributed by atoms with Crippen molar-refractivity contribution in [3.05, 3.63) is 52.2 Å². The Morgan fingerprint density at radius 1 is 1.24 bits per heavy atom. The summed E-state index contributed by atoms with van der Waals surface area (Å²) in [7, 11) is 2.05. The van der Waals surface area contributed by atoms with E-state index in [1.54, 1.807) is 0 Å². The highest BCUT2D eigenvalue weighted by molar-refractivity contribution is 6.03. The molecule has 2 N–H and O–H groups in total. The second-order valence-corrected chi connectivity index (χ2v) is 6.47. The monoisotopic (exact) mass is 337 g/mol. The number of nitrogens with one attached hydrogen (secondary N) is 2. The molecular formula is C18H19N5O2. The molecule has 7 heteroatoms. The molecule has 0 unspecified atom stereocenters. The molecular weight excluding hydrogens is 318 g/mol. The number of aromatic amines is 1. The molecule has 1 aliphatic carbocycles. The molecule has 0 atom stereocenters. The predicted molar refractivity (Wildman–Crippen MR) is 94.7 cm³/mol. The smallest absolute Gasteiger partial charge is 0.276 e.